The van der Waals surface area contributed by atoms with E-state index in [4.69, 9.17) is 16.1 Å². The molecule has 0 spiro atoms. The predicted octanol–water partition coefficient (Wildman–Crippen LogP) is 7.30. The van der Waals surface area contributed by atoms with Crippen molar-refractivity contribution in [3.05, 3.63) is 10.2 Å². The molecule has 0 unspecified atom stereocenters. The molecule has 1 heterocycles. The van der Waals surface area contributed by atoms with E-state index in [1.807, 2.05) is 39.5 Å². The SMILES string of the molecule is C=[C]([C@H]1COC(C)(C)N1C(=O)OC(C)(C)C)[Sn]([CH2]CCC)([CH2]CCC)[CH2]CCC. The van der Waals surface area contributed by atoms with E-state index in [1.165, 1.54) is 55.4 Å². The van der Waals surface area contributed by atoms with Crippen LogP contribution in [0.25, 0.3) is 0 Å². The van der Waals surface area contributed by atoms with E-state index < -0.39 is 29.7 Å². The molecule has 0 bridgehead atoms. The zero-order valence-electron chi connectivity index (χ0n) is 20.5. The first kappa shape index (κ1) is 26.8. The molecule has 0 aromatic heterocycles. The van der Waals surface area contributed by atoms with E-state index >= 15 is 0 Å². The summed E-state index contributed by atoms with van der Waals surface area (Å²) in [5, 5.41) is 0. The Labute approximate surface area is 184 Å². The van der Waals surface area contributed by atoms with Crippen molar-refractivity contribution < 1.29 is 14.3 Å². The Bertz CT molecular complexity index is 517. The van der Waals surface area contributed by atoms with Crippen molar-refractivity contribution in [1.82, 2.24) is 4.90 Å². The van der Waals surface area contributed by atoms with Crippen LogP contribution >= 0.6 is 0 Å². The summed E-state index contributed by atoms with van der Waals surface area (Å²) in [7, 11) is 0. The average Bonchev–Trinajstić information content (AvgIpc) is 2.94. The average molecular weight is 516 g/mol. The van der Waals surface area contributed by atoms with Gasteiger partial charge >= 0.3 is 185 Å². The molecule has 170 valence electrons. The molecule has 29 heavy (non-hydrogen) atoms. The van der Waals surface area contributed by atoms with E-state index in [-0.39, 0.29) is 12.1 Å². The summed E-state index contributed by atoms with van der Waals surface area (Å²) in [6, 6.07) is -0.0405. The molecular formula is C24H47NO3Sn. The molecule has 0 aromatic carbocycles. The van der Waals surface area contributed by atoms with Crippen molar-refractivity contribution in [2.24, 2.45) is 0 Å². The number of nitrogens with zero attached hydrogens (tertiary/aromatic N) is 1. The summed E-state index contributed by atoms with van der Waals surface area (Å²) in [4.78, 5) is 15.0. The topological polar surface area (TPSA) is 38.8 Å². The monoisotopic (exact) mass is 517 g/mol. The second-order valence-electron chi connectivity index (χ2n) is 10.2. The number of hydrogen-bond donors (Lipinski definition) is 0. The van der Waals surface area contributed by atoms with Gasteiger partial charge in [-0.15, -0.1) is 0 Å². The molecule has 1 rings (SSSR count). The molecule has 1 aliphatic rings. The normalized spacial score (nSPS) is 19.4. The summed E-state index contributed by atoms with van der Waals surface area (Å²) in [5.41, 5.74) is -1.18. The van der Waals surface area contributed by atoms with Crippen molar-refractivity contribution >= 4 is 24.5 Å². The van der Waals surface area contributed by atoms with Gasteiger partial charge in [0.25, 0.3) is 0 Å². The first-order valence-corrected chi connectivity index (χ1v) is 19.3. The summed E-state index contributed by atoms with van der Waals surface area (Å²) in [6.07, 6.45) is 7.27. The van der Waals surface area contributed by atoms with Gasteiger partial charge in [0.05, 0.1) is 0 Å². The Morgan fingerprint density at radius 1 is 1.07 bits per heavy atom. The van der Waals surface area contributed by atoms with Gasteiger partial charge in [-0.1, -0.05) is 0 Å². The third-order valence-corrected chi connectivity index (χ3v) is 22.2. The third kappa shape index (κ3) is 7.44. The van der Waals surface area contributed by atoms with Crippen LogP contribution in [0.4, 0.5) is 4.79 Å². The van der Waals surface area contributed by atoms with E-state index in [2.05, 4.69) is 20.8 Å². The number of rotatable bonds is 11. The molecule has 0 saturated carbocycles. The van der Waals surface area contributed by atoms with Gasteiger partial charge in [-0.05, 0) is 0 Å². The van der Waals surface area contributed by atoms with Crippen LogP contribution in [0.5, 0.6) is 0 Å². The van der Waals surface area contributed by atoms with Crippen LogP contribution in [-0.2, 0) is 9.47 Å². The van der Waals surface area contributed by atoms with Gasteiger partial charge < -0.3 is 0 Å². The van der Waals surface area contributed by atoms with Crippen LogP contribution < -0.4 is 0 Å². The van der Waals surface area contributed by atoms with Crippen molar-refractivity contribution in [3.8, 4) is 0 Å². The first-order chi connectivity index (χ1) is 13.4. The molecule has 0 aromatic rings. The Morgan fingerprint density at radius 2 is 1.52 bits per heavy atom. The quantitative estimate of drug-likeness (QED) is 0.271. The van der Waals surface area contributed by atoms with Crippen molar-refractivity contribution in [3.63, 3.8) is 0 Å². The van der Waals surface area contributed by atoms with Gasteiger partial charge in [0, 0.05) is 0 Å². The number of amides is 1. The molecule has 0 aliphatic carbocycles. The molecular weight excluding hydrogens is 469 g/mol. The minimum atomic E-state index is -2.69. The number of ether oxygens (including phenoxy) is 2. The summed E-state index contributed by atoms with van der Waals surface area (Å²) < 4.78 is 17.3. The van der Waals surface area contributed by atoms with E-state index in [0.717, 1.165) is 0 Å². The molecule has 1 aliphatic heterocycles. The second-order valence-corrected chi connectivity index (χ2v) is 23.7. The fourth-order valence-corrected chi connectivity index (χ4v) is 20.8. The zero-order valence-corrected chi connectivity index (χ0v) is 23.4. The number of unbranched alkanes of at least 4 members (excludes halogenated alkanes) is 3. The predicted molar refractivity (Wildman–Crippen MR) is 126 cm³/mol. The van der Waals surface area contributed by atoms with E-state index in [9.17, 15) is 4.79 Å². The van der Waals surface area contributed by atoms with Crippen LogP contribution in [0.3, 0.4) is 0 Å². The van der Waals surface area contributed by atoms with Gasteiger partial charge in [-0.25, -0.2) is 0 Å². The molecule has 1 saturated heterocycles. The van der Waals surface area contributed by atoms with Crippen LogP contribution in [0.1, 0.15) is 93.9 Å². The molecule has 4 nitrogen and oxygen atoms in total. The molecule has 1 amide bonds. The van der Waals surface area contributed by atoms with Crippen LogP contribution in [-0.4, -0.2) is 53.3 Å². The number of hydrogen-bond acceptors (Lipinski definition) is 3. The molecule has 1 fully saturated rings. The maximum atomic E-state index is 13.2. The van der Waals surface area contributed by atoms with E-state index in [1.54, 1.807) is 0 Å². The second kappa shape index (κ2) is 11.4. The Kier molecular flexibility index (Phi) is 10.5. The van der Waals surface area contributed by atoms with Gasteiger partial charge in [0.2, 0.25) is 0 Å². The maximum absolute atomic E-state index is 13.2. The molecule has 0 N–H and O–H groups in total. The first-order valence-electron chi connectivity index (χ1n) is 11.8. The Hall–Kier alpha value is -0.231. The van der Waals surface area contributed by atoms with Crippen molar-refractivity contribution in [1.29, 1.82) is 0 Å². The van der Waals surface area contributed by atoms with Gasteiger partial charge in [-0.2, -0.15) is 0 Å². The minimum absolute atomic E-state index is 0.0405. The van der Waals surface area contributed by atoms with Gasteiger partial charge in [-0.3, -0.25) is 0 Å². The number of carbonyl (C=O) groups excluding carboxylic acids is 1. The summed E-state index contributed by atoms with van der Waals surface area (Å²) in [6.45, 7) is 21.9. The zero-order chi connectivity index (χ0) is 22.3. The van der Waals surface area contributed by atoms with Crippen LogP contribution in [0.2, 0.25) is 13.3 Å². The third-order valence-electron chi connectivity index (χ3n) is 6.19. The van der Waals surface area contributed by atoms with Crippen molar-refractivity contribution in [2.45, 2.75) is 125 Å². The van der Waals surface area contributed by atoms with Gasteiger partial charge in [0.1, 0.15) is 0 Å². The van der Waals surface area contributed by atoms with Crippen LogP contribution in [0.15, 0.2) is 10.2 Å². The molecule has 0 radical (unpaired) electrons. The Morgan fingerprint density at radius 3 is 1.90 bits per heavy atom. The van der Waals surface area contributed by atoms with Crippen LogP contribution in [0, 0.1) is 0 Å². The molecule has 5 heteroatoms. The summed E-state index contributed by atoms with van der Waals surface area (Å²) in [5.74, 6) is 0. The standard InChI is InChI=1S/C12H20NO3.3C4H9.Sn/c1-7-9-8-15-12(5,6)13(9)10(14)16-11(2,3)4;3*1-3-4-2;/h9H,1,8H2,2-6H3;3*1,3-4H2,2H3;/t9-;;;;/m0..../s1. The fourth-order valence-electron chi connectivity index (χ4n) is 4.47. The fraction of sp³-hybridized carbons (Fsp3) is 0.875. The van der Waals surface area contributed by atoms with Crippen molar-refractivity contribution in [2.75, 3.05) is 6.61 Å². The summed E-state index contributed by atoms with van der Waals surface area (Å²) >= 11 is -2.69. The Balaban J connectivity index is 3.26. The van der Waals surface area contributed by atoms with E-state index in [0.29, 0.717) is 6.61 Å². The van der Waals surface area contributed by atoms with Gasteiger partial charge in [0.15, 0.2) is 0 Å². The number of carbonyl (C=O) groups is 1. The molecule has 1 atom stereocenters.